The maximum absolute atomic E-state index is 6.25. The van der Waals surface area contributed by atoms with Crippen molar-refractivity contribution >= 4 is 0 Å². The Morgan fingerprint density at radius 3 is 2.80 bits per heavy atom. The van der Waals surface area contributed by atoms with Gasteiger partial charge >= 0.3 is 0 Å². The lowest BCUT2D eigenvalue weighted by Crippen LogP contribution is -2.64. The number of piperidine rings is 1. The molecule has 0 radical (unpaired) electrons. The number of hydrogen-bond donors (Lipinski definition) is 1. The molecule has 0 aromatic rings. The Morgan fingerprint density at radius 1 is 1.45 bits per heavy atom. The van der Waals surface area contributed by atoms with Gasteiger partial charge in [-0.2, -0.15) is 0 Å². The molecule has 2 fully saturated rings. The van der Waals surface area contributed by atoms with Crippen molar-refractivity contribution < 1.29 is 4.74 Å². The summed E-state index contributed by atoms with van der Waals surface area (Å²) in [6, 6.07) is 0.636. The van der Waals surface area contributed by atoms with E-state index in [4.69, 9.17) is 10.5 Å². The lowest BCUT2D eigenvalue weighted by atomic mass is 9.77. The van der Waals surface area contributed by atoms with Gasteiger partial charge in [-0.25, -0.2) is 0 Å². The Balaban J connectivity index is 2.12. The van der Waals surface area contributed by atoms with Crippen molar-refractivity contribution in [1.82, 2.24) is 9.80 Å². The molecule has 0 aromatic carbocycles. The molecule has 2 N–H and O–H groups in total. The predicted octanol–water partition coefficient (Wildman–Crippen LogP) is 1.69. The minimum Gasteiger partial charge on any atom is -0.375 e. The summed E-state index contributed by atoms with van der Waals surface area (Å²) in [6.07, 6.45) is 5.78. The highest BCUT2D eigenvalue weighted by molar-refractivity contribution is 5.02. The van der Waals surface area contributed by atoms with Gasteiger partial charge in [-0.3, -0.25) is 4.90 Å². The van der Waals surface area contributed by atoms with E-state index in [9.17, 15) is 0 Å². The monoisotopic (exact) mass is 283 g/mol. The number of likely N-dealkylation sites (tertiary alicyclic amines) is 1. The average Bonchev–Trinajstić information content (AvgIpc) is 2.46. The quantitative estimate of drug-likeness (QED) is 0.852. The molecular weight excluding hydrogens is 250 g/mol. The first-order chi connectivity index (χ1) is 9.45. The molecule has 2 aliphatic rings. The lowest BCUT2D eigenvalue weighted by molar-refractivity contribution is -0.134. The largest absolute Gasteiger partial charge is 0.375 e. The summed E-state index contributed by atoms with van der Waals surface area (Å²) < 4.78 is 6.04. The smallest absolute Gasteiger partial charge is 0.0670 e. The molecular formula is C16H33N3O. The molecule has 3 atom stereocenters. The molecule has 20 heavy (non-hydrogen) atoms. The van der Waals surface area contributed by atoms with Crippen LogP contribution in [0, 0.1) is 0 Å². The van der Waals surface area contributed by atoms with Crippen LogP contribution in [0.4, 0.5) is 0 Å². The number of ether oxygens (including phenoxy) is 1. The van der Waals surface area contributed by atoms with E-state index >= 15 is 0 Å². The summed E-state index contributed by atoms with van der Waals surface area (Å²) in [7, 11) is 4.52. The molecule has 0 saturated carbocycles. The van der Waals surface area contributed by atoms with Crippen LogP contribution >= 0.6 is 0 Å². The van der Waals surface area contributed by atoms with Gasteiger partial charge in [0, 0.05) is 31.3 Å². The Bertz CT molecular complexity index is 325. The van der Waals surface area contributed by atoms with E-state index < -0.39 is 0 Å². The van der Waals surface area contributed by atoms with Crippen LogP contribution in [0.25, 0.3) is 0 Å². The maximum Gasteiger partial charge on any atom is 0.0670 e. The van der Waals surface area contributed by atoms with Gasteiger partial charge in [-0.1, -0.05) is 6.92 Å². The Labute approximate surface area is 124 Å². The average molecular weight is 283 g/mol. The van der Waals surface area contributed by atoms with Crippen LogP contribution in [0.3, 0.4) is 0 Å². The van der Waals surface area contributed by atoms with Gasteiger partial charge in [0.05, 0.1) is 5.60 Å². The van der Waals surface area contributed by atoms with Crippen molar-refractivity contribution in [3.63, 3.8) is 0 Å². The third-order valence-corrected chi connectivity index (χ3v) is 5.74. The van der Waals surface area contributed by atoms with E-state index in [-0.39, 0.29) is 11.1 Å². The summed E-state index contributed by atoms with van der Waals surface area (Å²) in [6.45, 7) is 8.45. The second-order valence-electron chi connectivity index (χ2n) is 7.18. The summed E-state index contributed by atoms with van der Waals surface area (Å²) >= 11 is 0. The maximum atomic E-state index is 6.25. The third kappa shape index (κ3) is 3.19. The summed E-state index contributed by atoms with van der Waals surface area (Å²) in [4.78, 5) is 5.05. The van der Waals surface area contributed by atoms with Gasteiger partial charge in [-0.05, 0) is 59.7 Å². The van der Waals surface area contributed by atoms with Gasteiger partial charge < -0.3 is 15.4 Å². The van der Waals surface area contributed by atoms with Crippen molar-refractivity contribution in [2.75, 3.05) is 40.3 Å². The number of hydrogen-bond acceptors (Lipinski definition) is 4. The number of rotatable bonds is 4. The van der Waals surface area contributed by atoms with Crippen LogP contribution < -0.4 is 5.73 Å². The van der Waals surface area contributed by atoms with Gasteiger partial charge in [-0.15, -0.1) is 0 Å². The molecule has 0 aliphatic carbocycles. The van der Waals surface area contributed by atoms with Crippen LogP contribution in [0.1, 0.15) is 46.0 Å². The standard InChI is InChI=1S/C16H33N3O/c1-5-15(2)12-16(13-17,8-10-20-15)19(4)14-7-6-9-18(3)11-14/h14H,5-13,17H2,1-4H3. The second-order valence-corrected chi connectivity index (χ2v) is 7.18. The molecule has 0 amide bonds. The van der Waals surface area contributed by atoms with Gasteiger partial charge in [0.2, 0.25) is 0 Å². The van der Waals surface area contributed by atoms with Crippen LogP contribution in [-0.2, 0) is 4.74 Å². The molecule has 118 valence electrons. The molecule has 2 rings (SSSR count). The topological polar surface area (TPSA) is 41.7 Å². The normalized spacial score (nSPS) is 40.2. The lowest BCUT2D eigenvalue weighted by Gasteiger charge is -2.53. The fraction of sp³-hybridized carbons (Fsp3) is 1.00. The number of nitrogens with zero attached hydrogens (tertiary/aromatic N) is 2. The van der Waals surface area contributed by atoms with Crippen molar-refractivity contribution in [3.8, 4) is 0 Å². The SMILES string of the molecule is CCC1(C)CC(CN)(N(C)C2CCCN(C)C2)CCO1. The van der Waals surface area contributed by atoms with Crippen LogP contribution in [0.15, 0.2) is 0 Å². The van der Waals surface area contributed by atoms with Gasteiger partial charge in [0.25, 0.3) is 0 Å². The van der Waals surface area contributed by atoms with Gasteiger partial charge in [0.15, 0.2) is 0 Å². The first-order valence-electron chi connectivity index (χ1n) is 8.20. The Kier molecular flexibility index (Phi) is 5.11. The zero-order valence-corrected chi connectivity index (χ0v) is 13.8. The van der Waals surface area contributed by atoms with E-state index in [1.54, 1.807) is 0 Å². The van der Waals surface area contributed by atoms with Gasteiger partial charge in [0.1, 0.15) is 0 Å². The van der Waals surface area contributed by atoms with Crippen LogP contribution in [0.2, 0.25) is 0 Å². The molecule has 2 heterocycles. The van der Waals surface area contributed by atoms with Crippen molar-refractivity contribution in [1.29, 1.82) is 0 Å². The molecule has 2 saturated heterocycles. The fourth-order valence-electron chi connectivity index (χ4n) is 4.01. The van der Waals surface area contributed by atoms with Crippen LogP contribution in [0.5, 0.6) is 0 Å². The van der Waals surface area contributed by atoms with E-state index in [1.807, 2.05) is 0 Å². The highest BCUT2D eigenvalue weighted by Gasteiger charge is 2.46. The molecule has 0 spiro atoms. The number of nitrogens with two attached hydrogens (primary N) is 1. The molecule has 0 aromatic heterocycles. The van der Waals surface area contributed by atoms with Crippen LogP contribution in [-0.4, -0.2) is 67.3 Å². The molecule has 3 unspecified atom stereocenters. The molecule has 0 bridgehead atoms. The Morgan fingerprint density at radius 2 is 2.20 bits per heavy atom. The summed E-state index contributed by atoms with van der Waals surface area (Å²) in [5, 5.41) is 0. The van der Waals surface area contributed by atoms with E-state index in [0.29, 0.717) is 6.04 Å². The summed E-state index contributed by atoms with van der Waals surface area (Å²) in [5.74, 6) is 0. The highest BCUT2D eigenvalue weighted by Crippen LogP contribution is 2.39. The van der Waals surface area contributed by atoms with E-state index in [2.05, 4.69) is 37.7 Å². The molecule has 2 aliphatic heterocycles. The van der Waals surface area contributed by atoms with E-state index in [1.165, 1.54) is 25.9 Å². The highest BCUT2D eigenvalue weighted by atomic mass is 16.5. The minimum atomic E-state index is -0.00749. The van der Waals surface area contributed by atoms with Crippen molar-refractivity contribution in [3.05, 3.63) is 0 Å². The first kappa shape index (κ1) is 16.2. The molecule has 4 nitrogen and oxygen atoms in total. The minimum absolute atomic E-state index is 0.00749. The zero-order chi connectivity index (χ0) is 14.8. The number of likely N-dealkylation sites (N-methyl/N-ethyl adjacent to an activating group) is 2. The third-order valence-electron chi connectivity index (χ3n) is 5.74. The Hall–Kier alpha value is -0.160. The first-order valence-corrected chi connectivity index (χ1v) is 8.20. The fourth-order valence-corrected chi connectivity index (χ4v) is 4.01. The van der Waals surface area contributed by atoms with Crippen molar-refractivity contribution in [2.24, 2.45) is 5.73 Å². The predicted molar refractivity (Wildman–Crippen MR) is 83.9 cm³/mol. The second kappa shape index (κ2) is 6.30. The van der Waals surface area contributed by atoms with Crippen molar-refractivity contribution in [2.45, 2.75) is 63.1 Å². The van der Waals surface area contributed by atoms with E-state index in [0.717, 1.165) is 32.4 Å². The zero-order valence-electron chi connectivity index (χ0n) is 13.8. The molecule has 4 heteroatoms. The summed E-state index contributed by atoms with van der Waals surface area (Å²) in [5.41, 5.74) is 6.35.